The predicted octanol–water partition coefficient (Wildman–Crippen LogP) is 1.44. The van der Waals surface area contributed by atoms with Gasteiger partial charge in [-0.3, -0.25) is 4.90 Å². The van der Waals surface area contributed by atoms with Gasteiger partial charge in [0.15, 0.2) is 11.5 Å². The summed E-state index contributed by atoms with van der Waals surface area (Å²) in [5, 5.41) is 13.1. The van der Waals surface area contributed by atoms with E-state index in [9.17, 15) is 5.11 Å². The minimum absolute atomic E-state index is 0.210. The number of likely N-dealkylation sites (tertiary alicyclic amines) is 1. The first-order chi connectivity index (χ1) is 9.19. The fourth-order valence-electron chi connectivity index (χ4n) is 3.52. The summed E-state index contributed by atoms with van der Waals surface area (Å²) in [7, 11) is 1.59. The first kappa shape index (κ1) is 12.8. The van der Waals surface area contributed by atoms with E-state index in [2.05, 4.69) is 17.1 Å². The molecular weight excluding hydrogens is 240 g/mol. The van der Waals surface area contributed by atoms with Gasteiger partial charge in [0.2, 0.25) is 0 Å². The number of methoxy groups -OCH3 is 1. The zero-order chi connectivity index (χ0) is 13.4. The minimum Gasteiger partial charge on any atom is -0.504 e. The standard InChI is InChI=1S/C15H22N2O2/c1-10-13-7-16-6-12(13)9-17(10)8-11-3-4-14(18)15(5-11)19-2/h3-5,10,12-13,16,18H,6-9H2,1-2H3. The molecular formula is C15H22N2O2. The molecule has 1 aromatic carbocycles. The van der Waals surface area contributed by atoms with Crippen LogP contribution in [0.25, 0.3) is 0 Å². The zero-order valence-corrected chi connectivity index (χ0v) is 11.6. The average Bonchev–Trinajstić information content (AvgIpc) is 2.96. The van der Waals surface area contributed by atoms with Gasteiger partial charge in [-0.05, 0) is 49.5 Å². The van der Waals surface area contributed by atoms with E-state index in [0.29, 0.717) is 11.8 Å². The molecule has 2 saturated heterocycles. The highest BCUT2D eigenvalue weighted by atomic mass is 16.5. The number of ether oxygens (including phenoxy) is 1. The molecule has 0 aliphatic carbocycles. The first-order valence-corrected chi connectivity index (χ1v) is 6.99. The highest BCUT2D eigenvalue weighted by Gasteiger charge is 2.41. The molecule has 2 fully saturated rings. The molecule has 19 heavy (non-hydrogen) atoms. The van der Waals surface area contributed by atoms with Crippen LogP contribution in [0.1, 0.15) is 12.5 Å². The molecule has 0 bridgehead atoms. The number of phenols is 1. The number of nitrogens with one attached hydrogen (secondary N) is 1. The lowest BCUT2D eigenvalue weighted by Crippen LogP contribution is -2.32. The Balaban J connectivity index is 1.72. The number of rotatable bonds is 3. The lowest BCUT2D eigenvalue weighted by molar-refractivity contribution is 0.231. The van der Waals surface area contributed by atoms with Crippen LogP contribution < -0.4 is 10.1 Å². The van der Waals surface area contributed by atoms with Gasteiger partial charge in [0.25, 0.3) is 0 Å². The van der Waals surface area contributed by atoms with Gasteiger partial charge in [-0.15, -0.1) is 0 Å². The molecule has 2 N–H and O–H groups in total. The smallest absolute Gasteiger partial charge is 0.160 e. The van der Waals surface area contributed by atoms with Crippen molar-refractivity contribution in [2.45, 2.75) is 19.5 Å². The van der Waals surface area contributed by atoms with Crippen LogP contribution in [0.4, 0.5) is 0 Å². The van der Waals surface area contributed by atoms with Crippen LogP contribution in [0.5, 0.6) is 11.5 Å². The molecule has 4 nitrogen and oxygen atoms in total. The molecule has 4 heteroatoms. The summed E-state index contributed by atoms with van der Waals surface area (Å²) in [6.07, 6.45) is 0. The number of aromatic hydroxyl groups is 1. The summed E-state index contributed by atoms with van der Waals surface area (Å²) in [6.45, 7) is 6.74. The molecule has 0 saturated carbocycles. The van der Waals surface area contributed by atoms with E-state index in [4.69, 9.17) is 4.74 Å². The van der Waals surface area contributed by atoms with Gasteiger partial charge in [-0.2, -0.15) is 0 Å². The van der Waals surface area contributed by atoms with Crippen molar-refractivity contribution in [2.75, 3.05) is 26.7 Å². The summed E-state index contributed by atoms with van der Waals surface area (Å²) in [5.74, 6) is 2.36. The third kappa shape index (κ3) is 2.30. The summed E-state index contributed by atoms with van der Waals surface area (Å²) in [6, 6.07) is 6.27. The van der Waals surface area contributed by atoms with E-state index in [1.807, 2.05) is 12.1 Å². The Kier molecular flexibility index (Phi) is 3.37. The van der Waals surface area contributed by atoms with Crippen LogP contribution in [-0.2, 0) is 6.54 Å². The van der Waals surface area contributed by atoms with Crippen LogP contribution in [0, 0.1) is 11.8 Å². The number of benzene rings is 1. The summed E-state index contributed by atoms with van der Waals surface area (Å²) < 4.78 is 5.17. The minimum atomic E-state index is 0.210. The Labute approximate surface area is 114 Å². The van der Waals surface area contributed by atoms with Crippen LogP contribution >= 0.6 is 0 Å². The van der Waals surface area contributed by atoms with Gasteiger partial charge in [0.1, 0.15) is 0 Å². The second kappa shape index (κ2) is 5.02. The lowest BCUT2D eigenvalue weighted by Gasteiger charge is -2.24. The number of nitrogens with zero attached hydrogens (tertiary/aromatic N) is 1. The maximum Gasteiger partial charge on any atom is 0.160 e. The lowest BCUT2D eigenvalue weighted by atomic mass is 9.95. The van der Waals surface area contributed by atoms with Crippen LogP contribution in [0.15, 0.2) is 18.2 Å². The van der Waals surface area contributed by atoms with Crippen molar-refractivity contribution >= 4 is 0 Å². The zero-order valence-electron chi connectivity index (χ0n) is 11.6. The van der Waals surface area contributed by atoms with Gasteiger partial charge in [0.05, 0.1) is 7.11 Å². The number of fused-ring (bicyclic) bond motifs is 1. The van der Waals surface area contributed by atoms with Gasteiger partial charge in [-0.25, -0.2) is 0 Å². The Morgan fingerprint density at radius 2 is 2.26 bits per heavy atom. The van der Waals surface area contributed by atoms with Crippen molar-refractivity contribution in [1.82, 2.24) is 10.2 Å². The Morgan fingerprint density at radius 3 is 3.00 bits per heavy atom. The van der Waals surface area contributed by atoms with Crippen LogP contribution in [0.2, 0.25) is 0 Å². The van der Waals surface area contributed by atoms with Crippen molar-refractivity contribution < 1.29 is 9.84 Å². The molecule has 2 aliphatic rings. The Morgan fingerprint density at radius 1 is 1.42 bits per heavy atom. The molecule has 1 aromatic rings. The molecule has 2 heterocycles. The average molecular weight is 262 g/mol. The maximum absolute atomic E-state index is 9.63. The topological polar surface area (TPSA) is 44.7 Å². The van der Waals surface area contributed by atoms with E-state index in [0.717, 1.165) is 31.5 Å². The monoisotopic (exact) mass is 262 g/mol. The van der Waals surface area contributed by atoms with Gasteiger partial charge in [0, 0.05) is 19.1 Å². The van der Waals surface area contributed by atoms with Gasteiger partial charge >= 0.3 is 0 Å². The molecule has 0 radical (unpaired) electrons. The number of hydrogen-bond acceptors (Lipinski definition) is 4. The summed E-state index contributed by atoms with van der Waals surface area (Å²) in [5.41, 5.74) is 1.20. The number of hydrogen-bond donors (Lipinski definition) is 2. The van der Waals surface area contributed by atoms with Gasteiger partial charge < -0.3 is 15.2 Å². The molecule has 3 rings (SSSR count). The largest absolute Gasteiger partial charge is 0.504 e. The SMILES string of the molecule is COc1cc(CN2CC3CNCC3C2C)ccc1O. The molecule has 3 unspecified atom stereocenters. The van der Waals surface area contributed by atoms with Crippen molar-refractivity contribution in [3.05, 3.63) is 23.8 Å². The van der Waals surface area contributed by atoms with E-state index in [-0.39, 0.29) is 5.75 Å². The molecule has 3 atom stereocenters. The van der Waals surface area contributed by atoms with Gasteiger partial charge in [-0.1, -0.05) is 6.07 Å². The third-order valence-corrected chi connectivity index (χ3v) is 4.69. The van der Waals surface area contributed by atoms with Crippen LogP contribution in [0.3, 0.4) is 0 Å². The first-order valence-electron chi connectivity index (χ1n) is 6.99. The normalized spacial score (nSPS) is 30.5. The van der Waals surface area contributed by atoms with E-state index in [1.54, 1.807) is 13.2 Å². The van der Waals surface area contributed by atoms with Crippen LogP contribution in [-0.4, -0.2) is 42.8 Å². The van der Waals surface area contributed by atoms with E-state index < -0.39 is 0 Å². The van der Waals surface area contributed by atoms with E-state index >= 15 is 0 Å². The maximum atomic E-state index is 9.63. The summed E-state index contributed by atoms with van der Waals surface area (Å²) in [4.78, 5) is 2.54. The highest BCUT2D eigenvalue weighted by molar-refractivity contribution is 5.41. The van der Waals surface area contributed by atoms with Crippen molar-refractivity contribution in [2.24, 2.45) is 11.8 Å². The van der Waals surface area contributed by atoms with Crippen molar-refractivity contribution in [3.8, 4) is 11.5 Å². The Bertz CT molecular complexity index is 463. The summed E-state index contributed by atoms with van der Waals surface area (Å²) >= 11 is 0. The van der Waals surface area contributed by atoms with Crippen molar-refractivity contribution in [1.29, 1.82) is 0 Å². The molecule has 104 valence electrons. The predicted molar refractivity (Wildman–Crippen MR) is 74.4 cm³/mol. The quantitative estimate of drug-likeness (QED) is 0.865. The molecule has 0 spiro atoms. The third-order valence-electron chi connectivity index (χ3n) is 4.69. The molecule has 0 aromatic heterocycles. The Hall–Kier alpha value is -1.26. The number of phenolic OH excluding ortho intramolecular Hbond substituents is 1. The molecule has 0 amide bonds. The van der Waals surface area contributed by atoms with Crippen molar-refractivity contribution in [3.63, 3.8) is 0 Å². The fourth-order valence-corrected chi connectivity index (χ4v) is 3.52. The molecule has 2 aliphatic heterocycles. The second-order valence-electron chi connectivity index (χ2n) is 5.76. The fraction of sp³-hybridized carbons (Fsp3) is 0.600. The second-order valence-corrected chi connectivity index (χ2v) is 5.76. The van der Waals surface area contributed by atoms with E-state index in [1.165, 1.54) is 12.1 Å². The highest BCUT2D eigenvalue weighted by Crippen LogP contribution is 2.34.